The number of nitrogens with zero attached hydrogens (tertiary/aromatic N) is 3. The lowest BCUT2D eigenvalue weighted by Gasteiger charge is -2.12. The normalized spacial score (nSPS) is 12.0. The van der Waals surface area contributed by atoms with Crippen molar-refractivity contribution in [1.29, 1.82) is 0 Å². The van der Waals surface area contributed by atoms with Crippen molar-refractivity contribution in [3.63, 3.8) is 0 Å². The number of phenolic OH excluding ortho intramolecular Hbond substituents is 1. The molecule has 0 heterocycles. The van der Waals surface area contributed by atoms with Crippen LogP contribution in [-0.4, -0.2) is 43.1 Å². The number of aromatic hydroxyl groups is 1. The SMILES string of the molecule is CN(C)S(=O)(=O)c1cc(N=Cc2cc(Cl)cc([N+](=O)[O-])c2O)ccc1Cl. The Morgan fingerprint density at radius 3 is 2.46 bits per heavy atom. The number of rotatable bonds is 5. The van der Waals surface area contributed by atoms with Gasteiger partial charge in [-0.1, -0.05) is 23.2 Å². The minimum Gasteiger partial charge on any atom is -0.502 e. The van der Waals surface area contributed by atoms with Gasteiger partial charge in [-0.25, -0.2) is 12.7 Å². The van der Waals surface area contributed by atoms with Crippen LogP contribution in [0.25, 0.3) is 0 Å². The number of hydrogen-bond acceptors (Lipinski definition) is 6. The highest BCUT2D eigenvalue weighted by atomic mass is 35.5. The zero-order valence-corrected chi connectivity index (χ0v) is 15.9. The summed E-state index contributed by atoms with van der Waals surface area (Å²) in [5.41, 5.74) is -0.334. The van der Waals surface area contributed by atoms with Crippen molar-refractivity contribution in [3.8, 4) is 5.75 Å². The molecule has 1 N–H and O–H groups in total. The quantitative estimate of drug-likeness (QED) is 0.453. The molecule has 0 aliphatic heterocycles. The number of aliphatic imine (C=N–C) groups is 1. The van der Waals surface area contributed by atoms with Gasteiger partial charge in [-0.3, -0.25) is 15.1 Å². The molecule has 0 atom stereocenters. The first kappa shape index (κ1) is 20.1. The Morgan fingerprint density at radius 1 is 1.23 bits per heavy atom. The second-order valence-electron chi connectivity index (χ2n) is 5.28. The molecule has 0 spiro atoms. The van der Waals surface area contributed by atoms with Crippen molar-refractivity contribution in [2.24, 2.45) is 4.99 Å². The molecular weight excluding hydrogens is 405 g/mol. The standard InChI is InChI=1S/C15H13Cl2N3O5S/c1-19(2)26(24,25)14-7-11(3-4-12(14)17)18-8-9-5-10(16)6-13(15(9)21)20(22)23/h3-8,21H,1-2H3. The molecular formula is C15H13Cl2N3O5S. The highest BCUT2D eigenvalue weighted by Crippen LogP contribution is 2.33. The van der Waals surface area contributed by atoms with Crippen LogP contribution in [0.3, 0.4) is 0 Å². The average molecular weight is 418 g/mol. The second-order valence-corrected chi connectivity index (χ2v) is 8.24. The Balaban J connectivity index is 2.49. The summed E-state index contributed by atoms with van der Waals surface area (Å²) >= 11 is 11.8. The van der Waals surface area contributed by atoms with Crippen LogP contribution in [0.15, 0.2) is 40.2 Å². The summed E-state index contributed by atoms with van der Waals surface area (Å²) in [4.78, 5) is 14.0. The maximum Gasteiger partial charge on any atom is 0.312 e. The number of nitro benzene ring substituents is 1. The van der Waals surface area contributed by atoms with Crippen molar-refractivity contribution in [2.45, 2.75) is 4.90 Å². The van der Waals surface area contributed by atoms with E-state index in [1.165, 1.54) is 38.4 Å². The van der Waals surface area contributed by atoms with E-state index < -0.39 is 26.4 Å². The van der Waals surface area contributed by atoms with Crippen molar-refractivity contribution in [2.75, 3.05) is 14.1 Å². The van der Waals surface area contributed by atoms with Crippen LogP contribution in [-0.2, 0) is 10.0 Å². The molecule has 0 unspecified atom stereocenters. The molecule has 0 bridgehead atoms. The zero-order chi connectivity index (χ0) is 19.6. The highest BCUT2D eigenvalue weighted by Gasteiger charge is 2.21. The van der Waals surface area contributed by atoms with Crippen LogP contribution in [0.1, 0.15) is 5.56 Å². The largest absolute Gasteiger partial charge is 0.502 e. The van der Waals surface area contributed by atoms with Gasteiger partial charge in [-0.05, 0) is 24.3 Å². The van der Waals surface area contributed by atoms with Gasteiger partial charge in [0.05, 0.1) is 15.6 Å². The smallest absolute Gasteiger partial charge is 0.312 e. The lowest BCUT2D eigenvalue weighted by molar-refractivity contribution is -0.385. The maximum atomic E-state index is 12.3. The van der Waals surface area contributed by atoms with Gasteiger partial charge in [-0.2, -0.15) is 0 Å². The second kappa shape index (κ2) is 7.58. The number of nitro groups is 1. The summed E-state index contributed by atoms with van der Waals surface area (Å²) in [5.74, 6) is -0.599. The summed E-state index contributed by atoms with van der Waals surface area (Å²) in [6.45, 7) is 0. The van der Waals surface area contributed by atoms with E-state index in [1.807, 2.05) is 0 Å². The van der Waals surface area contributed by atoms with Gasteiger partial charge in [0.2, 0.25) is 15.8 Å². The van der Waals surface area contributed by atoms with Crippen LogP contribution >= 0.6 is 23.2 Å². The molecule has 0 aromatic heterocycles. The number of benzene rings is 2. The third-order valence-electron chi connectivity index (χ3n) is 3.31. The molecule has 2 rings (SSSR count). The van der Waals surface area contributed by atoms with Crippen LogP contribution in [0.5, 0.6) is 5.75 Å². The van der Waals surface area contributed by atoms with Crippen molar-refractivity contribution >= 4 is 50.8 Å². The van der Waals surface area contributed by atoms with Gasteiger partial charge in [-0.15, -0.1) is 0 Å². The molecule has 0 saturated heterocycles. The van der Waals surface area contributed by atoms with Gasteiger partial charge < -0.3 is 5.11 Å². The molecule has 0 aliphatic carbocycles. The molecule has 26 heavy (non-hydrogen) atoms. The topological polar surface area (TPSA) is 113 Å². The van der Waals surface area contributed by atoms with Crippen molar-refractivity contribution in [3.05, 3.63) is 56.1 Å². The molecule has 138 valence electrons. The van der Waals surface area contributed by atoms with Crippen molar-refractivity contribution in [1.82, 2.24) is 4.31 Å². The fourth-order valence-corrected chi connectivity index (χ4v) is 3.56. The Hall–Kier alpha value is -2.20. The Kier molecular flexibility index (Phi) is 5.87. The van der Waals surface area contributed by atoms with Gasteiger partial charge >= 0.3 is 5.69 Å². The van der Waals surface area contributed by atoms with E-state index in [-0.39, 0.29) is 26.2 Å². The predicted molar refractivity (Wildman–Crippen MR) is 99.4 cm³/mol. The Labute approximate surface area is 159 Å². The lowest BCUT2D eigenvalue weighted by atomic mass is 10.2. The van der Waals surface area contributed by atoms with Crippen LogP contribution < -0.4 is 0 Å². The van der Waals surface area contributed by atoms with E-state index in [9.17, 15) is 23.6 Å². The summed E-state index contributed by atoms with van der Waals surface area (Å²) in [6, 6.07) is 6.39. The van der Waals surface area contributed by atoms with Crippen LogP contribution in [0, 0.1) is 10.1 Å². The predicted octanol–water partition coefficient (Wildman–Crippen LogP) is 3.61. The van der Waals surface area contributed by atoms with Gasteiger partial charge in [0, 0.05) is 37.0 Å². The Bertz CT molecular complexity index is 1010. The van der Waals surface area contributed by atoms with E-state index in [0.717, 1.165) is 16.6 Å². The van der Waals surface area contributed by atoms with E-state index >= 15 is 0 Å². The summed E-state index contributed by atoms with van der Waals surface area (Å²) in [6.07, 6.45) is 1.14. The van der Waals surface area contributed by atoms with E-state index in [4.69, 9.17) is 23.2 Å². The summed E-state index contributed by atoms with van der Waals surface area (Å²) in [7, 11) is -1.05. The molecule has 8 nitrogen and oxygen atoms in total. The minimum atomic E-state index is -3.78. The number of phenols is 1. The van der Waals surface area contributed by atoms with Gasteiger partial charge in [0.1, 0.15) is 4.90 Å². The molecule has 0 radical (unpaired) electrons. The minimum absolute atomic E-state index is 0.0103. The average Bonchev–Trinajstić information content (AvgIpc) is 2.55. The third kappa shape index (κ3) is 4.13. The number of halogens is 2. The summed E-state index contributed by atoms with van der Waals surface area (Å²) in [5, 5.41) is 20.9. The molecule has 0 saturated carbocycles. The van der Waals surface area contributed by atoms with Gasteiger partial charge in [0.15, 0.2) is 0 Å². The van der Waals surface area contributed by atoms with Gasteiger partial charge in [0.25, 0.3) is 0 Å². The summed E-state index contributed by atoms with van der Waals surface area (Å²) < 4.78 is 25.5. The fourth-order valence-electron chi connectivity index (χ4n) is 1.95. The highest BCUT2D eigenvalue weighted by molar-refractivity contribution is 7.89. The van der Waals surface area contributed by atoms with Crippen molar-refractivity contribution < 1.29 is 18.4 Å². The third-order valence-corrected chi connectivity index (χ3v) is 5.82. The fraction of sp³-hybridized carbons (Fsp3) is 0.133. The first-order chi connectivity index (χ1) is 12.0. The van der Waals surface area contributed by atoms with E-state index in [2.05, 4.69) is 4.99 Å². The zero-order valence-electron chi connectivity index (χ0n) is 13.6. The van der Waals surface area contributed by atoms with E-state index in [1.54, 1.807) is 0 Å². The number of sulfonamides is 1. The first-order valence-electron chi connectivity index (χ1n) is 6.97. The molecule has 0 amide bonds. The van der Waals surface area contributed by atoms with E-state index in [0.29, 0.717) is 0 Å². The molecule has 11 heteroatoms. The monoisotopic (exact) mass is 417 g/mol. The molecule has 0 fully saturated rings. The van der Waals surface area contributed by atoms with Crippen LogP contribution in [0.4, 0.5) is 11.4 Å². The molecule has 2 aromatic rings. The molecule has 2 aromatic carbocycles. The first-order valence-corrected chi connectivity index (χ1v) is 9.16. The number of hydrogen-bond donors (Lipinski definition) is 1. The Morgan fingerprint density at radius 2 is 1.88 bits per heavy atom. The molecule has 0 aliphatic rings. The maximum absolute atomic E-state index is 12.3. The lowest BCUT2D eigenvalue weighted by Crippen LogP contribution is -2.22. The van der Waals surface area contributed by atoms with Crippen LogP contribution in [0.2, 0.25) is 10.0 Å².